The Hall–Kier alpha value is -2.85. The zero-order valence-corrected chi connectivity index (χ0v) is 13.3. The molecule has 3 aromatic carbocycles. The molecule has 4 nitrogen and oxygen atoms in total. The largest absolute Gasteiger partial charge is 0.545 e. The Balaban J connectivity index is 1.80. The summed E-state index contributed by atoms with van der Waals surface area (Å²) in [6, 6.07) is 17.8. The van der Waals surface area contributed by atoms with Gasteiger partial charge >= 0.3 is 0 Å². The van der Waals surface area contributed by atoms with Gasteiger partial charge in [0.2, 0.25) is 5.91 Å². The second-order valence-corrected chi connectivity index (χ2v) is 5.82. The summed E-state index contributed by atoms with van der Waals surface area (Å²) in [6.45, 7) is 0. The third-order valence-electron chi connectivity index (χ3n) is 3.65. The average Bonchev–Trinajstić information content (AvgIpc) is 2.54. The van der Waals surface area contributed by atoms with E-state index in [-0.39, 0.29) is 23.6 Å². The van der Waals surface area contributed by atoms with E-state index in [1.165, 1.54) is 18.2 Å². The summed E-state index contributed by atoms with van der Waals surface area (Å²) < 4.78 is 0. The molecular formula is C19H13ClNO3-. The van der Waals surface area contributed by atoms with Gasteiger partial charge in [-0.25, -0.2) is 0 Å². The summed E-state index contributed by atoms with van der Waals surface area (Å²) in [5, 5.41) is 16.2. The molecule has 0 bridgehead atoms. The van der Waals surface area contributed by atoms with Crippen LogP contribution in [0.1, 0.15) is 15.9 Å². The number of carbonyl (C=O) groups excluding carboxylic acids is 2. The minimum Gasteiger partial charge on any atom is -0.545 e. The molecule has 0 aromatic heterocycles. The zero-order chi connectivity index (χ0) is 17.1. The molecule has 24 heavy (non-hydrogen) atoms. The van der Waals surface area contributed by atoms with Gasteiger partial charge in [0.15, 0.2) is 0 Å². The average molecular weight is 339 g/mol. The third-order valence-corrected chi connectivity index (χ3v) is 3.89. The molecule has 120 valence electrons. The normalized spacial score (nSPS) is 10.5. The summed E-state index contributed by atoms with van der Waals surface area (Å²) in [7, 11) is 0. The van der Waals surface area contributed by atoms with E-state index in [1.54, 1.807) is 0 Å². The molecule has 0 aliphatic rings. The lowest BCUT2D eigenvalue weighted by Gasteiger charge is -2.12. The van der Waals surface area contributed by atoms with Crippen LogP contribution in [0.4, 0.5) is 5.69 Å². The predicted molar refractivity (Wildman–Crippen MR) is 92.1 cm³/mol. The van der Waals surface area contributed by atoms with E-state index in [9.17, 15) is 14.7 Å². The van der Waals surface area contributed by atoms with E-state index in [4.69, 9.17) is 11.6 Å². The van der Waals surface area contributed by atoms with Gasteiger partial charge in [-0.1, -0.05) is 54.1 Å². The molecule has 3 aromatic rings. The van der Waals surface area contributed by atoms with Gasteiger partial charge in [0.05, 0.1) is 18.1 Å². The molecule has 0 aliphatic carbocycles. The first-order valence-corrected chi connectivity index (χ1v) is 7.69. The van der Waals surface area contributed by atoms with Crippen molar-refractivity contribution in [1.82, 2.24) is 0 Å². The number of amides is 1. The second-order valence-electron chi connectivity index (χ2n) is 5.38. The van der Waals surface area contributed by atoms with Gasteiger partial charge in [-0.2, -0.15) is 0 Å². The number of anilines is 1. The van der Waals surface area contributed by atoms with E-state index in [1.807, 2.05) is 42.5 Å². The quantitative estimate of drug-likeness (QED) is 0.795. The maximum absolute atomic E-state index is 12.2. The molecular weight excluding hydrogens is 326 g/mol. The molecule has 0 spiro atoms. The molecule has 0 saturated carbocycles. The highest BCUT2D eigenvalue weighted by molar-refractivity contribution is 6.31. The van der Waals surface area contributed by atoms with E-state index < -0.39 is 5.97 Å². The number of hydrogen-bond donors (Lipinski definition) is 1. The van der Waals surface area contributed by atoms with Crippen LogP contribution in [0.2, 0.25) is 5.02 Å². The standard InChI is InChI=1S/C19H14ClNO3/c20-15-7-8-16(19(23)24)17(11-15)21-18(22)10-12-5-6-13-3-1-2-4-14(13)9-12/h1-9,11H,10H2,(H,21,22)(H,23,24)/p-1. The number of fused-ring (bicyclic) bond motifs is 1. The van der Waals surface area contributed by atoms with Crippen molar-refractivity contribution >= 4 is 39.9 Å². The van der Waals surface area contributed by atoms with Gasteiger partial charge in [-0.05, 0) is 34.5 Å². The highest BCUT2D eigenvalue weighted by Gasteiger charge is 2.10. The molecule has 0 aliphatic heterocycles. The van der Waals surface area contributed by atoms with Crippen LogP contribution < -0.4 is 10.4 Å². The van der Waals surface area contributed by atoms with Crippen molar-refractivity contribution < 1.29 is 14.7 Å². The van der Waals surface area contributed by atoms with Crippen LogP contribution in [-0.4, -0.2) is 11.9 Å². The van der Waals surface area contributed by atoms with Crippen molar-refractivity contribution in [3.05, 3.63) is 76.8 Å². The van der Waals surface area contributed by atoms with Crippen molar-refractivity contribution in [3.8, 4) is 0 Å². The highest BCUT2D eigenvalue weighted by atomic mass is 35.5. The lowest BCUT2D eigenvalue weighted by Crippen LogP contribution is -2.25. The first kappa shape index (κ1) is 16.0. The van der Waals surface area contributed by atoms with Crippen molar-refractivity contribution in [2.45, 2.75) is 6.42 Å². The Kier molecular flexibility index (Phi) is 4.49. The molecule has 3 rings (SSSR count). The van der Waals surface area contributed by atoms with Gasteiger partial charge in [-0.15, -0.1) is 0 Å². The summed E-state index contributed by atoms with van der Waals surface area (Å²) in [5.41, 5.74) is 0.864. The number of rotatable bonds is 4. The summed E-state index contributed by atoms with van der Waals surface area (Å²) in [6.07, 6.45) is 0.129. The van der Waals surface area contributed by atoms with Crippen LogP contribution in [0.5, 0.6) is 0 Å². The molecule has 0 unspecified atom stereocenters. The van der Waals surface area contributed by atoms with Crippen LogP contribution in [-0.2, 0) is 11.2 Å². The van der Waals surface area contributed by atoms with E-state index in [2.05, 4.69) is 5.32 Å². The zero-order valence-electron chi connectivity index (χ0n) is 12.6. The van der Waals surface area contributed by atoms with E-state index in [0.29, 0.717) is 5.02 Å². The predicted octanol–water partition coefficient (Wildman–Crippen LogP) is 3.04. The lowest BCUT2D eigenvalue weighted by molar-refractivity contribution is -0.254. The molecule has 0 heterocycles. The molecule has 0 atom stereocenters. The van der Waals surface area contributed by atoms with Crippen molar-refractivity contribution in [2.24, 2.45) is 0 Å². The van der Waals surface area contributed by atoms with Crippen LogP contribution in [0.15, 0.2) is 60.7 Å². The first-order valence-electron chi connectivity index (χ1n) is 7.31. The number of carboxylic acids is 1. The Morgan fingerprint density at radius 1 is 0.958 bits per heavy atom. The van der Waals surface area contributed by atoms with Crippen molar-refractivity contribution in [3.63, 3.8) is 0 Å². The molecule has 1 amide bonds. The van der Waals surface area contributed by atoms with Crippen LogP contribution in [0.3, 0.4) is 0 Å². The minimum atomic E-state index is -1.37. The van der Waals surface area contributed by atoms with Crippen LogP contribution in [0.25, 0.3) is 10.8 Å². The fourth-order valence-electron chi connectivity index (χ4n) is 2.53. The van der Waals surface area contributed by atoms with Crippen LogP contribution >= 0.6 is 11.6 Å². The number of benzene rings is 3. The van der Waals surface area contributed by atoms with Gasteiger partial charge < -0.3 is 15.2 Å². The van der Waals surface area contributed by atoms with Crippen LogP contribution in [0, 0.1) is 0 Å². The van der Waals surface area contributed by atoms with E-state index >= 15 is 0 Å². The molecule has 1 N–H and O–H groups in total. The maximum atomic E-state index is 12.2. The Bertz CT molecular complexity index is 937. The minimum absolute atomic E-state index is 0.105. The number of nitrogens with one attached hydrogen (secondary N) is 1. The van der Waals surface area contributed by atoms with E-state index in [0.717, 1.165) is 16.3 Å². The molecule has 0 fully saturated rings. The number of hydrogen-bond acceptors (Lipinski definition) is 3. The molecule has 0 saturated heterocycles. The molecule has 0 radical (unpaired) electrons. The first-order chi connectivity index (χ1) is 11.5. The van der Waals surface area contributed by atoms with Crippen molar-refractivity contribution in [2.75, 3.05) is 5.32 Å². The van der Waals surface area contributed by atoms with Gasteiger partial charge in [0.25, 0.3) is 0 Å². The topological polar surface area (TPSA) is 69.2 Å². The lowest BCUT2D eigenvalue weighted by atomic mass is 10.0. The smallest absolute Gasteiger partial charge is 0.228 e. The number of carbonyl (C=O) groups is 2. The summed E-state index contributed by atoms with van der Waals surface area (Å²) in [5.74, 6) is -1.69. The second kappa shape index (κ2) is 6.72. The SMILES string of the molecule is O=C(Cc1ccc2ccccc2c1)Nc1cc(Cl)ccc1C(=O)[O-]. The Labute approximate surface area is 143 Å². The molecule has 5 heteroatoms. The maximum Gasteiger partial charge on any atom is 0.228 e. The number of carboxylic acid groups (broad SMARTS) is 1. The fraction of sp³-hybridized carbons (Fsp3) is 0.0526. The number of aromatic carboxylic acids is 1. The Morgan fingerprint density at radius 3 is 2.46 bits per heavy atom. The summed E-state index contributed by atoms with van der Waals surface area (Å²) in [4.78, 5) is 23.4. The number of halogens is 1. The Morgan fingerprint density at radius 2 is 1.71 bits per heavy atom. The van der Waals surface area contributed by atoms with Gasteiger partial charge in [0.1, 0.15) is 0 Å². The van der Waals surface area contributed by atoms with Gasteiger partial charge in [0, 0.05) is 10.6 Å². The van der Waals surface area contributed by atoms with Crippen molar-refractivity contribution in [1.29, 1.82) is 0 Å². The third kappa shape index (κ3) is 3.55. The van der Waals surface area contributed by atoms with Gasteiger partial charge in [-0.3, -0.25) is 4.79 Å². The highest BCUT2D eigenvalue weighted by Crippen LogP contribution is 2.21. The fourth-order valence-corrected chi connectivity index (χ4v) is 2.70. The monoisotopic (exact) mass is 338 g/mol. The summed E-state index contributed by atoms with van der Waals surface area (Å²) >= 11 is 5.87.